The third-order valence-corrected chi connectivity index (χ3v) is 7.20. The van der Waals surface area contributed by atoms with Gasteiger partial charge >= 0.3 is 0 Å². The van der Waals surface area contributed by atoms with Crippen LogP contribution in [0, 0.1) is 0 Å². The minimum absolute atomic E-state index is 0.0241. The van der Waals surface area contributed by atoms with Gasteiger partial charge in [0.05, 0.1) is 9.89 Å². The van der Waals surface area contributed by atoms with Crippen LogP contribution in [0.4, 0.5) is 0 Å². The van der Waals surface area contributed by atoms with Crippen LogP contribution in [-0.2, 0) is 21.3 Å². The van der Waals surface area contributed by atoms with E-state index in [9.17, 15) is 8.42 Å². The number of halogens is 1. The maximum absolute atomic E-state index is 12.4. The summed E-state index contributed by atoms with van der Waals surface area (Å²) >= 11 is 4.81. The Morgan fingerprint density at radius 1 is 1.48 bits per heavy atom. The first-order chi connectivity index (χ1) is 9.81. The molecule has 2 rings (SSSR count). The van der Waals surface area contributed by atoms with Gasteiger partial charge in [0.1, 0.15) is 4.90 Å². The highest BCUT2D eigenvalue weighted by Gasteiger charge is 2.33. The zero-order valence-electron chi connectivity index (χ0n) is 12.3. The summed E-state index contributed by atoms with van der Waals surface area (Å²) in [5, 5.41) is 3.29. The standard InChI is InChI=1S/C13H21BrN2O3S2/c1-8(2)15-7-11-6-12(13(14)20-11)21(17,18)16-9-4-10(5-9)19-3/h6,8-10,15-16H,4-5,7H2,1-3H3. The minimum Gasteiger partial charge on any atom is -0.381 e. The van der Waals surface area contributed by atoms with Crippen molar-refractivity contribution in [1.29, 1.82) is 0 Å². The third-order valence-electron chi connectivity index (χ3n) is 3.43. The number of rotatable bonds is 7. The van der Waals surface area contributed by atoms with Crippen molar-refractivity contribution < 1.29 is 13.2 Å². The van der Waals surface area contributed by atoms with Gasteiger partial charge in [-0.25, -0.2) is 13.1 Å². The molecule has 2 N–H and O–H groups in total. The Morgan fingerprint density at radius 2 is 2.14 bits per heavy atom. The molecule has 120 valence electrons. The molecule has 1 aliphatic rings. The number of hydrogen-bond donors (Lipinski definition) is 2. The van der Waals surface area contributed by atoms with E-state index in [1.54, 1.807) is 13.2 Å². The molecule has 1 aromatic rings. The maximum Gasteiger partial charge on any atom is 0.242 e. The number of sulfonamides is 1. The fourth-order valence-electron chi connectivity index (χ4n) is 2.11. The molecule has 0 radical (unpaired) electrons. The molecule has 1 fully saturated rings. The van der Waals surface area contributed by atoms with Crippen LogP contribution in [0.25, 0.3) is 0 Å². The predicted molar refractivity (Wildman–Crippen MR) is 88.1 cm³/mol. The molecule has 0 unspecified atom stereocenters. The smallest absolute Gasteiger partial charge is 0.242 e. The first-order valence-electron chi connectivity index (χ1n) is 6.88. The maximum atomic E-state index is 12.4. The Hall–Kier alpha value is 0.01000. The van der Waals surface area contributed by atoms with Gasteiger partial charge in [-0.1, -0.05) is 13.8 Å². The SMILES string of the molecule is COC1CC(NS(=O)(=O)c2cc(CNC(C)C)sc2Br)C1. The fraction of sp³-hybridized carbons (Fsp3) is 0.692. The highest BCUT2D eigenvalue weighted by atomic mass is 79.9. The van der Waals surface area contributed by atoms with Gasteiger partial charge in [0.15, 0.2) is 0 Å². The van der Waals surface area contributed by atoms with Gasteiger partial charge in [-0.05, 0) is 34.8 Å². The lowest BCUT2D eigenvalue weighted by molar-refractivity contribution is 0.0236. The number of hydrogen-bond acceptors (Lipinski definition) is 5. The summed E-state index contributed by atoms with van der Waals surface area (Å²) < 4.78 is 33.4. The van der Waals surface area contributed by atoms with Crippen LogP contribution in [-0.4, -0.2) is 33.7 Å². The number of methoxy groups -OCH3 is 1. The average molecular weight is 397 g/mol. The van der Waals surface area contributed by atoms with Crippen molar-refractivity contribution >= 4 is 37.3 Å². The molecular formula is C13H21BrN2O3S2. The Labute approximate surface area is 138 Å². The summed E-state index contributed by atoms with van der Waals surface area (Å²) in [4.78, 5) is 1.33. The summed E-state index contributed by atoms with van der Waals surface area (Å²) in [7, 11) is -1.82. The van der Waals surface area contributed by atoms with Crippen LogP contribution in [0.15, 0.2) is 14.7 Å². The van der Waals surface area contributed by atoms with Crippen LogP contribution in [0.3, 0.4) is 0 Å². The molecule has 0 saturated heterocycles. The normalized spacial score (nSPS) is 22.5. The quantitative estimate of drug-likeness (QED) is 0.742. The van der Waals surface area contributed by atoms with Crippen molar-refractivity contribution in [3.05, 3.63) is 14.7 Å². The zero-order valence-corrected chi connectivity index (χ0v) is 15.6. The summed E-state index contributed by atoms with van der Waals surface area (Å²) in [5.41, 5.74) is 0. The van der Waals surface area contributed by atoms with Gasteiger partial charge in [0, 0.05) is 30.6 Å². The van der Waals surface area contributed by atoms with Crippen molar-refractivity contribution in [3.8, 4) is 0 Å². The van der Waals surface area contributed by atoms with Gasteiger partial charge in [-0.3, -0.25) is 0 Å². The number of thiophene rings is 1. The van der Waals surface area contributed by atoms with E-state index in [1.807, 2.05) is 0 Å². The van der Waals surface area contributed by atoms with Crippen LogP contribution in [0.2, 0.25) is 0 Å². The molecule has 0 aliphatic heterocycles. The summed E-state index contributed by atoms with van der Waals surface area (Å²) in [5.74, 6) is 0. The van der Waals surface area contributed by atoms with E-state index in [2.05, 4.69) is 39.8 Å². The zero-order chi connectivity index (χ0) is 15.6. The molecule has 5 nitrogen and oxygen atoms in total. The third kappa shape index (κ3) is 4.49. The molecule has 0 spiro atoms. The van der Waals surface area contributed by atoms with E-state index >= 15 is 0 Å². The second-order valence-corrected chi connectivity index (χ2v) is 9.67. The summed E-state index contributed by atoms with van der Waals surface area (Å²) in [6.45, 7) is 4.79. The van der Waals surface area contributed by atoms with E-state index < -0.39 is 10.0 Å². The van der Waals surface area contributed by atoms with Gasteiger partial charge < -0.3 is 10.1 Å². The molecule has 1 heterocycles. The molecule has 1 aliphatic carbocycles. The van der Waals surface area contributed by atoms with E-state index in [4.69, 9.17) is 4.74 Å². The van der Waals surface area contributed by atoms with Crippen LogP contribution in [0.1, 0.15) is 31.6 Å². The molecule has 0 atom stereocenters. The van der Waals surface area contributed by atoms with Crippen molar-refractivity contribution in [2.45, 2.75) is 56.3 Å². The van der Waals surface area contributed by atoms with Gasteiger partial charge in [0.2, 0.25) is 10.0 Å². The first-order valence-corrected chi connectivity index (χ1v) is 9.97. The lowest BCUT2D eigenvalue weighted by Crippen LogP contribution is -2.47. The minimum atomic E-state index is -3.47. The molecular weight excluding hydrogens is 376 g/mol. The highest BCUT2D eigenvalue weighted by molar-refractivity contribution is 9.11. The van der Waals surface area contributed by atoms with E-state index in [-0.39, 0.29) is 12.1 Å². The van der Waals surface area contributed by atoms with Crippen molar-refractivity contribution in [2.75, 3.05) is 7.11 Å². The topological polar surface area (TPSA) is 67.4 Å². The molecule has 1 aromatic heterocycles. The number of nitrogens with one attached hydrogen (secondary N) is 2. The lowest BCUT2D eigenvalue weighted by atomic mass is 9.90. The van der Waals surface area contributed by atoms with Crippen molar-refractivity contribution in [3.63, 3.8) is 0 Å². The van der Waals surface area contributed by atoms with Gasteiger partial charge in [0.25, 0.3) is 0 Å². The predicted octanol–water partition coefficient (Wildman–Crippen LogP) is 2.46. The Bertz CT molecular complexity index is 580. The second kappa shape index (κ2) is 7.06. The molecule has 21 heavy (non-hydrogen) atoms. The highest BCUT2D eigenvalue weighted by Crippen LogP contribution is 2.33. The Balaban J connectivity index is 2.02. The molecule has 0 aromatic carbocycles. The van der Waals surface area contributed by atoms with Gasteiger partial charge in [-0.15, -0.1) is 11.3 Å². The molecule has 8 heteroatoms. The largest absolute Gasteiger partial charge is 0.381 e. The van der Waals surface area contributed by atoms with E-state index in [0.717, 1.165) is 17.7 Å². The molecule has 0 bridgehead atoms. The van der Waals surface area contributed by atoms with Crippen molar-refractivity contribution in [1.82, 2.24) is 10.0 Å². The Morgan fingerprint density at radius 3 is 2.71 bits per heavy atom. The summed E-state index contributed by atoms with van der Waals surface area (Å²) in [6, 6.07) is 2.08. The van der Waals surface area contributed by atoms with E-state index in [0.29, 0.717) is 21.3 Å². The van der Waals surface area contributed by atoms with Crippen LogP contribution < -0.4 is 10.0 Å². The first kappa shape index (κ1) is 17.4. The molecule has 0 amide bonds. The Kier molecular flexibility index (Phi) is 5.84. The molecule has 1 saturated carbocycles. The van der Waals surface area contributed by atoms with Crippen LogP contribution in [0.5, 0.6) is 0 Å². The monoisotopic (exact) mass is 396 g/mol. The van der Waals surface area contributed by atoms with E-state index in [1.165, 1.54) is 11.3 Å². The number of ether oxygens (including phenoxy) is 1. The lowest BCUT2D eigenvalue weighted by Gasteiger charge is -2.34. The van der Waals surface area contributed by atoms with Gasteiger partial charge in [-0.2, -0.15) is 0 Å². The second-order valence-electron chi connectivity index (χ2n) is 5.53. The van der Waals surface area contributed by atoms with Crippen molar-refractivity contribution in [2.24, 2.45) is 0 Å². The fourth-order valence-corrected chi connectivity index (χ4v) is 6.01. The average Bonchev–Trinajstić information content (AvgIpc) is 2.73. The summed E-state index contributed by atoms with van der Waals surface area (Å²) in [6.07, 6.45) is 1.65. The van der Waals surface area contributed by atoms with Crippen LogP contribution >= 0.6 is 27.3 Å².